The average Bonchev–Trinajstić information content (AvgIpc) is 3.00. The van der Waals surface area contributed by atoms with Crippen LogP contribution in [0.4, 0.5) is 9.18 Å². The smallest absolute Gasteiger partial charge is 0.412 e. The molecule has 0 bridgehead atoms. The number of carbonyl (C=O) groups excluding carboxylic acids is 1. The number of aromatic amines is 1. The van der Waals surface area contributed by atoms with Crippen molar-refractivity contribution in [2.45, 2.75) is 63.7 Å². The molecule has 2 fully saturated rings. The maximum Gasteiger partial charge on any atom is 0.412 e. The van der Waals surface area contributed by atoms with Crippen LogP contribution in [0, 0.1) is 12.7 Å². The SMILES string of the molecule is Cc1[nH]c2c(F)cccc2c1CCN1C(=O)OC2(CCCCC2)[C@]1(C)O. The first-order chi connectivity index (χ1) is 12.4. The number of aliphatic hydroxyl groups is 1. The Bertz CT molecular complexity index is 852. The molecule has 1 saturated carbocycles. The minimum atomic E-state index is -1.32. The predicted octanol–water partition coefficient (Wildman–Crippen LogP) is 4.02. The molecule has 2 heterocycles. The molecule has 1 saturated heterocycles. The van der Waals surface area contributed by atoms with Gasteiger partial charge in [0.25, 0.3) is 0 Å². The molecule has 1 aromatic carbocycles. The number of aromatic nitrogens is 1. The van der Waals surface area contributed by atoms with Crippen LogP contribution in [0.5, 0.6) is 0 Å². The fourth-order valence-electron chi connectivity index (χ4n) is 4.66. The van der Waals surface area contributed by atoms with Gasteiger partial charge in [-0.25, -0.2) is 9.18 Å². The third kappa shape index (κ3) is 2.42. The Balaban J connectivity index is 1.59. The van der Waals surface area contributed by atoms with Gasteiger partial charge in [-0.3, -0.25) is 4.90 Å². The minimum absolute atomic E-state index is 0.286. The number of aryl methyl sites for hydroxylation is 1. The molecule has 1 atom stereocenters. The van der Waals surface area contributed by atoms with Gasteiger partial charge in [0.15, 0.2) is 11.3 Å². The van der Waals surface area contributed by atoms with E-state index >= 15 is 0 Å². The van der Waals surface area contributed by atoms with E-state index in [1.165, 1.54) is 11.0 Å². The second-order valence-corrected chi connectivity index (χ2v) is 7.74. The number of ether oxygens (including phenoxy) is 1. The summed E-state index contributed by atoms with van der Waals surface area (Å²) in [5, 5.41) is 12.0. The molecule has 2 aliphatic rings. The number of benzene rings is 1. The van der Waals surface area contributed by atoms with E-state index in [2.05, 4.69) is 4.98 Å². The van der Waals surface area contributed by atoms with Gasteiger partial charge in [0.1, 0.15) is 5.82 Å². The van der Waals surface area contributed by atoms with E-state index in [1.54, 1.807) is 13.0 Å². The molecular weight excluding hydrogens is 335 g/mol. The Morgan fingerprint density at radius 2 is 2.04 bits per heavy atom. The van der Waals surface area contributed by atoms with Crippen molar-refractivity contribution in [3.05, 3.63) is 35.3 Å². The molecule has 140 valence electrons. The zero-order valence-corrected chi connectivity index (χ0v) is 15.3. The molecule has 0 radical (unpaired) electrons. The molecule has 2 aromatic rings. The minimum Gasteiger partial charge on any atom is -0.438 e. The van der Waals surface area contributed by atoms with Crippen LogP contribution < -0.4 is 0 Å². The van der Waals surface area contributed by atoms with E-state index < -0.39 is 17.4 Å². The Labute approximate surface area is 152 Å². The van der Waals surface area contributed by atoms with E-state index in [4.69, 9.17) is 4.74 Å². The summed E-state index contributed by atoms with van der Waals surface area (Å²) in [6.07, 6.45) is 4.47. The number of amides is 1. The van der Waals surface area contributed by atoms with E-state index in [9.17, 15) is 14.3 Å². The lowest BCUT2D eigenvalue weighted by Gasteiger charge is -2.42. The van der Waals surface area contributed by atoms with Crippen LogP contribution in [0.2, 0.25) is 0 Å². The molecule has 4 rings (SSSR count). The summed E-state index contributed by atoms with van der Waals surface area (Å²) >= 11 is 0. The van der Waals surface area contributed by atoms with Gasteiger partial charge in [-0.05, 0) is 57.6 Å². The van der Waals surface area contributed by atoms with Crippen LogP contribution in [0.15, 0.2) is 18.2 Å². The number of nitrogens with one attached hydrogen (secondary N) is 1. The Morgan fingerprint density at radius 3 is 2.77 bits per heavy atom. The lowest BCUT2D eigenvalue weighted by Crippen LogP contribution is -2.57. The van der Waals surface area contributed by atoms with Crippen molar-refractivity contribution >= 4 is 17.0 Å². The maximum absolute atomic E-state index is 14.0. The number of hydrogen-bond acceptors (Lipinski definition) is 3. The highest BCUT2D eigenvalue weighted by atomic mass is 19.1. The van der Waals surface area contributed by atoms with E-state index in [-0.39, 0.29) is 5.82 Å². The third-order valence-corrected chi connectivity index (χ3v) is 6.24. The molecule has 1 amide bonds. The number of para-hydroxylation sites is 1. The second-order valence-electron chi connectivity index (χ2n) is 7.74. The molecule has 1 aromatic heterocycles. The zero-order valence-electron chi connectivity index (χ0n) is 15.3. The summed E-state index contributed by atoms with van der Waals surface area (Å²) in [6.45, 7) is 3.92. The first-order valence-corrected chi connectivity index (χ1v) is 9.34. The number of nitrogens with zero attached hydrogens (tertiary/aromatic N) is 1. The predicted molar refractivity (Wildman–Crippen MR) is 96.3 cm³/mol. The van der Waals surface area contributed by atoms with Crippen LogP contribution in [0.1, 0.15) is 50.3 Å². The van der Waals surface area contributed by atoms with Gasteiger partial charge in [-0.2, -0.15) is 0 Å². The number of fused-ring (bicyclic) bond motifs is 1. The third-order valence-electron chi connectivity index (χ3n) is 6.24. The second kappa shape index (κ2) is 5.98. The summed E-state index contributed by atoms with van der Waals surface area (Å²) in [5.74, 6) is -0.286. The molecular formula is C20H25FN2O3. The standard InChI is InChI=1S/C20H25FN2O3/c1-13-14(15-7-6-8-16(21)17(15)22-13)9-12-23-18(24)26-20(19(23,2)25)10-4-3-5-11-20/h6-8,22,25H,3-5,9-12H2,1-2H3/t19-/m0/s1. The summed E-state index contributed by atoms with van der Waals surface area (Å²) in [4.78, 5) is 17.0. The van der Waals surface area contributed by atoms with Gasteiger partial charge in [0.05, 0.1) is 5.52 Å². The molecule has 1 aliphatic heterocycles. The first kappa shape index (κ1) is 17.3. The maximum atomic E-state index is 14.0. The Kier molecular flexibility index (Phi) is 3.99. The van der Waals surface area contributed by atoms with Crippen LogP contribution >= 0.6 is 0 Å². The molecule has 2 N–H and O–H groups in total. The highest BCUT2D eigenvalue weighted by molar-refractivity contribution is 5.85. The van der Waals surface area contributed by atoms with Gasteiger partial charge < -0.3 is 14.8 Å². The zero-order chi connectivity index (χ0) is 18.5. The molecule has 6 heteroatoms. The topological polar surface area (TPSA) is 65.6 Å². The van der Waals surface area contributed by atoms with Gasteiger partial charge in [0, 0.05) is 17.6 Å². The summed E-state index contributed by atoms with van der Waals surface area (Å²) in [5.41, 5.74) is 0.205. The monoisotopic (exact) mass is 360 g/mol. The summed E-state index contributed by atoms with van der Waals surface area (Å²) in [7, 11) is 0. The molecule has 5 nitrogen and oxygen atoms in total. The molecule has 26 heavy (non-hydrogen) atoms. The van der Waals surface area contributed by atoms with Crippen molar-refractivity contribution < 1.29 is 19.0 Å². The Morgan fingerprint density at radius 1 is 1.31 bits per heavy atom. The van der Waals surface area contributed by atoms with Crippen molar-refractivity contribution in [2.24, 2.45) is 0 Å². The van der Waals surface area contributed by atoms with Crippen LogP contribution in [-0.4, -0.2) is 39.0 Å². The quantitative estimate of drug-likeness (QED) is 0.869. The first-order valence-electron chi connectivity index (χ1n) is 9.34. The summed E-state index contributed by atoms with van der Waals surface area (Å²) in [6, 6.07) is 4.99. The summed E-state index contributed by atoms with van der Waals surface area (Å²) < 4.78 is 19.7. The highest BCUT2D eigenvalue weighted by Crippen LogP contribution is 2.47. The Hall–Kier alpha value is -2.08. The number of hydrogen-bond donors (Lipinski definition) is 2. The van der Waals surface area contributed by atoms with Crippen molar-refractivity contribution in [3.63, 3.8) is 0 Å². The largest absolute Gasteiger partial charge is 0.438 e. The lowest BCUT2D eigenvalue weighted by molar-refractivity contribution is -0.158. The lowest BCUT2D eigenvalue weighted by atomic mass is 9.77. The van der Waals surface area contributed by atoms with E-state index in [1.807, 2.05) is 13.0 Å². The van der Waals surface area contributed by atoms with Crippen molar-refractivity contribution in [2.75, 3.05) is 6.54 Å². The van der Waals surface area contributed by atoms with E-state index in [0.29, 0.717) is 31.3 Å². The van der Waals surface area contributed by atoms with Crippen LogP contribution in [0.25, 0.3) is 10.9 Å². The van der Waals surface area contributed by atoms with Gasteiger partial charge >= 0.3 is 6.09 Å². The van der Waals surface area contributed by atoms with Gasteiger partial charge in [-0.1, -0.05) is 18.6 Å². The van der Waals surface area contributed by atoms with Crippen molar-refractivity contribution in [1.29, 1.82) is 0 Å². The van der Waals surface area contributed by atoms with E-state index in [0.717, 1.165) is 35.9 Å². The fraction of sp³-hybridized carbons (Fsp3) is 0.550. The van der Waals surface area contributed by atoms with Gasteiger partial charge in [0.2, 0.25) is 0 Å². The average molecular weight is 360 g/mol. The molecule has 0 unspecified atom stereocenters. The number of H-pyrrole nitrogens is 1. The molecule has 1 spiro atoms. The van der Waals surface area contributed by atoms with Crippen molar-refractivity contribution in [3.8, 4) is 0 Å². The number of carbonyl (C=O) groups is 1. The number of halogens is 1. The van der Waals surface area contributed by atoms with Crippen LogP contribution in [0.3, 0.4) is 0 Å². The molecule has 1 aliphatic carbocycles. The normalized spacial score (nSPS) is 25.2. The van der Waals surface area contributed by atoms with Crippen molar-refractivity contribution in [1.82, 2.24) is 9.88 Å². The fourth-order valence-corrected chi connectivity index (χ4v) is 4.66. The number of rotatable bonds is 3. The van der Waals surface area contributed by atoms with Gasteiger partial charge in [-0.15, -0.1) is 0 Å². The van der Waals surface area contributed by atoms with Crippen LogP contribution in [-0.2, 0) is 11.2 Å². The highest BCUT2D eigenvalue weighted by Gasteiger charge is 2.61.